The average Bonchev–Trinajstić information content (AvgIpc) is 2.47. The Kier molecular flexibility index (Phi) is 12.0. The van der Waals surface area contributed by atoms with E-state index in [-0.39, 0.29) is 0 Å². The summed E-state index contributed by atoms with van der Waals surface area (Å²) in [6.07, 6.45) is 0. The van der Waals surface area contributed by atoms with E-state index < -0.39 is 0 Å². The first-order valence-electron chi connectivity index (χ1n) is 7.93. The van der Waals surface area contributed by atoms with E-state index in [2.05, 4.69) is 18.7 Å². The molecule has 0 amide bonds. The summed E-state index contributed by atoms with van der Waals surface area (Å²) in [6, 6.07) is 0.493. The fourth-order valence-electron chi connectivity index (χ4n) is 1.97. The second-order valence-electron chi connectivity index (χ2n) is 5.19. The minimum absolute atomic E-state index is 0.493. The molecule has 0 aromatic carbocycles. The number of hydrogen-bond donors (Lipinski definition) is 0. The van der Waals surface area contributed by atoms with Gasteiger partial charge in [-0.2, -0.15) is 0 Å². The molecule has 0 aliphatic carbocycles. The summed E-state index contributed by atoms with van der Waals surface area (Å²) in [5.41, 5.74) is 0. The van der Waals surface area contributed by atoms with Crippen molar-refractivity contribution in [3.8, 4) is 0 Å². The first-order chi connectivity index (χ1) is 10.3. The van der Waals surface area contributed by atoms with Crippen molar-refractivity contribution in [3.05, 3.63) is 0 Å². The molecule has 0 N–H and O–H groups in total. The normalized spacial score (nSPS) is 23.6. The van der Waals surface area contributed by atoms with Crippen molar-refractivity contribution >= 4 is 0 Å². The van der Waals surface area contributed by atoms with Crippen LogP contribution in [0.3, 0.4) is 0 Å². The highest BCUT2D eigenvalue weighted by Gasteiger charge is 2.08. The van der Waals surface area contributed by atoms with Gasteiger partial charge >= 0.3 is 0 Å². The maximum atomic E-state index is 5.59. The van der Waals surface area contributed by atoms with E-state index in [1.165, 1.54) is 0 Å². The minimum atomic E-state index is 0.493. The molecule has 0 atom stereocenters. The number of nitrogens with zero attached hydrogens (tertiary/aromatic N) is 1. The van der Waals surface area contributed by atoms with E-state index in [1.54, 1.807) is 0 Å². The van der Waals surface area contributed by atoms with Crippen LogP contribution in [0.4, 0.5) is 0 Å². The molecule has 0 bridgehead atoms. The third kappa shape index (κ3) is 11.0. The van der Waals surface area contributed by atoms with Gasteiger partial charge in [0.15, 0.2) is 0 Å². The van der Waals surface area contributed by atoms with Gasteiger partial charge in [-0.3, -0.25) is 4.90 Å². The van der Waals surface area contributed by atoms with Gasteiger partial charge < -0.3 is 23.7 Å². The minimum Gasteiger partial charge on any atom is -0.378 e. The highest BCUT2D eigenvalue weighted by atomic mass is 16.6. The Bertz CT molecular complexity index is 210. The Balaban J connectivity index is 2.21. The molecule has 0 saturated carbocycles. The fraction of sp³-hybridized carbons (Fsp3) is 1.00. The number of rotatable bonds is 1. The molecule has 6 heteroatoms. The van der Waals surface area contributed by atoms with Crippen LogP contribution in [0, 0.1) is 0 Å². The Labute approximate surface area is 128 Å². The van der Waals surface area contributed by atoms with E-state index in [1.807, 2.05) is 0 Å². The van der Waals surface area contributed by atoms with Gasteiger partial charge in [-0.15, -0.1) is 0 Å². The predicted molar refractivity (Wildman–Crippen MR) is 80.8 cm³/mol. The first kappa shape index (κ1) is 18.8. The molecule has 0 aromatic rings. The molecule has 21 heavy (non-hydrogen) atoms. The molecule has 1 aliphatic heterocycles. The SMILES string of the molecule is CC(C)N1CCOCCOCCOCCOCCOCC1. The van der Waals surface area contributed by atoms with Crippen LogP contribution in [0.15, 0.2) is 0 Å². The molecule has 126 valence electrons. The molecular weight excluding hydrogens is 274 g/mol. The van der Waals surface area contributed by atoms with Crippen LogP contribution in [0.5, 0.6) is 0 Å². The predicted octanol–water partition coefficient (Wildman–Crippen LogP) is 0.793. The Morgan fingerprint density at radius 3 is 1.10 bits per heavy atom. The van der Waals surface area contributed by atoms with Gasteiger partial charge in [0.05, 0.1) is 66.1 Å². The molecule has 6 nitrogen and oxygen atoms in total. The third-order valence-corrected chi connectivity index (χ3v) is 3.26. The average molecular weight is 305 g/mol. The molecule has 1 fully saturated rings. The zero-order chi connectivity index (χ0) is 15.2. The van der Waals surface area contributed by atoms with Crippen molar-refractivity contribution in [2.45, 2.75) is 19.9 Å². The second-order valence-corrected chi connectivity index (χ2v) is 5.19. The molecule has 1 heterocycles. The smallest absolute Gasteiger partial charge is 0.0701 e. The highest BCUT2D eigenvalue weighted by molar-refractivity contribution is 4.62. The van der Waals surface area contributed by atoms with E-state index in [9.17, 15) is 0 Å². The molecule has 0 radical (unpaired) electrons. The van der Waals surface area contributed by atoms with Crippen LogP contribution in [-0.4, -0.2) is 90.1 Å². The molecule has 1 aliphatic rings. The van der Waals surface area contributed by atoms with Gasteiger partial charge in [-0.1, -0.05) is 0 Å². The second kappa shape index (κ2) is 13.4. The van der Waals surface area contributed by atoms with Crippen molar-refractivity contribution in [3.63, 3.8) is 0 Å². The number of ether oxygens (including phenoxy) is 5. The van der Waals surface area contributed by atoms with Crippen LogP contribution < -0.4 is 0 Å². The lowest BCUT2D eigenvalue weighted by Crippen LogP contribution is -2.37. The monoisotopic (exact) mass is 305 g/mol. The maximum absolute atomic E-state index is 5.59. The fourth-order valence-corrected chi connectivity index (χ4v) is 1.97. The first-order valence-corrected chi connectivity index (χ1v) is 7.93. The molecule has 0 aromatic heterocycles. The standard InChI is InChI=1S/C15H31NO5/c1-15(2)16-3-5-17-7-9-19-11-13-21-14-12-20-10-8-18-6-4-16/h15H,3-14H2,1-2H3. The maximum Gasteiger partial charge on any atom is 0.0701 e. The van der Waals surface area contributed by atoms with Gasteiger partial charge in [0.1, 0.15) is 0 Å². The molecule has 1 rings (SSSR count). The van der Waals surface area contributed by atoms with E-state index in [4.69, 9.17) is 23.7 Å². The quantitative estimate of drug-likeness (QED) is 0.714. The zero-order valence-corrected chi connectivity index (χ0v) is 13.6. The van der Waals surface area contributed by atoms with E-state index in [0.29, 0.717) is 58.9 Å². The summed E-state index contributed by atoms with van der Waals surface area (Å²) in [5.74, 6) is 0. The van der Waals surface area contributed by atoms with Crippen molar-refractivity contribution in [1.29, 1.82) is 0 Å². The van der Waals surface area contributed by atoms with Crippen molar-refractivity contribution in [1.82, 2.24) is 4.90 Å². The summed E-state index contributed by atoms with van der Waals surface area (Å²) >= 11 is 0. The Morgan fingerprint density at radius 2 is 0.810 bits per heavy atom. The molecular formula is C15H31NO5. The number of hydrogen-bond acceptors (Lipinski definition) is 6. The Hall–Kier alpha value is -0.240. The van der Waals surface area contributed by atoms with Gasteiger partial charge in [0.2, 0.25) is 0 Å². The van der Waals surface area contributed by atoms with Crippen LogP contribution in [-0.2, 0) is 23.7 Å². The van der Waals surface area contributed by atoms with Crippen molar-refractivity contribution < 1.29 is 23.7 Å². The van der Waals surface area contributed by atoms with Gasteiger partial charge in [-0.25, -0.2) is 0 Å². The lowest BCUT2D eigenvalue weighted by molar-refractivity contribution is -0.0202. The summed E-state index contributed by atoms with van der Waals surface area (Å²) in [6.45, 7) is 12.6. The summed E-state index contributed by atoms with van der Waals surface area (Å²) in [4.78, 5) is 2.36. The van der Waals surface area contributed by atoms with Crippen molar-refractivity contribution in [2.24, 2.45) is 0 Å². The van der Waals surface area contributed by atoms with Gasteiger partial charge in [0.25, 0.3) is 0 Å². The summed E-state index contributed by atoms with van der Waals surface area (Å²) < 4.78 is 27.4. The van der Waals surface area contributed by atoms with E-state index >= 15 is 0 Å². The van der Waals surface area contributed by atoms with Gasteiger partial charge in [0, 0.05) is 19.1 Å². The summed E-state index contributed by atoms with van der Waals surface area (Å²) in [7, 11) is 0. The van der Waals surface area contributed by atoms with E-state index in [0.717, 1.165) is 26.3 Å². The van der Waals surface area contributed by atoms with Crippen LogP contribution in [0.2, 0.25) is 0 Å². The van der Waals surface area contributed by atoms with Crippen LogP contribution in [0.1, 0.15) is 13.8 Å². The molecule has 0 spiro atoms. The van der Waals surface area contributed by atoms with Crippen molar-refractivity contribution in [2.75, 3.05) is 79.2 Å². The molecule has 1 saturated heterocycles. The van der Waals surface area contributed by atoms with Crippen LogP contribution in [0.25, 0.3) is 0 Å². The van der Waals surface area contributed by atoms with Crippen LogP contribution >= 0.6 is 0 Å². The lowest BCUT2D eigenvalue weighted by atomic mass is 10.3. The summed E-state index contributed by atoms with van der Waals surface area (Å²) in [5, 5.41) is 0. The third-order valence-electron chi connectivity index (χ3n) is 3.26. The van der Waals surface area contributed by atoms with Gasteiger partial charge in [-0.05, 0) is 13.8 Å². The highest BCUT2D eigenvalue weighted by Crippen LogP contribution is 1.98. The lowest BCUT2D eigenvalue weighted by Gasteiger charge is -2.26. The molecule has 0 unspecified atom stereocenters. The largest absolute Gasteiger partial charge is 0.378 e. The zero-order valence-electron chi connectivity index (χ0n) is 13.6. The topological polar surface area (TPSA) is 49.4 Å². The Morgan fingerprint density at radius 1 is 0.524 bits per heavy atom.